The van der Waals surface area contributed by atoms with Crippen molar-refractivity contribution in [2.45, 2.75) is 26.9 Å². The van der Waals surface area contributed by atoms with E-state index in [4.69, 9.17) is 0 Å². The maximum absolute atomic E-state index is 12.6. The molecular formula is C18H19BrN6O2. The van der Waals surface area contributed by atoms with Gasteiger partial charge in [0, 0.05) is 18.4 Å². The van der Waals surface area contributed by atoms with Gasteiger partial charge < -0.3 is 10.6 Å². The Kier molecular flexibility index (Phi) is 5.70. The van der Waals surface area contributed by atoms with Crippen LogP contribution in [0.25, 0.3) is 0 Å². The average molecular weight is 431 g/mol. The van der Waals surface area contributed by atoms with Crippen molar-refractivity contribution in [2.24, 2.45) is 0 Å². The molecule has 0 atom stereocenters. The fourth-order valence-electron chi connectivity index (χ4n) is 2.46. The maximum atomic E-state index is 12.6. The molecule has 1 aromatic carbocycles. The van der Waals surface area contributed by atoms with E-state index < -0.39 is 0 Å². The molecule has 0 saturated carbocycles. The van der Waals surface area contributed by atoms with Crippen LogP contribution < -0.4 is 10.6 Å². The van der Waals surface area contributed by atoms with E-state index in [9.17, 15) is 9.59 Å². The summed E-state index contributed by atoms with van der Waals surface area (Å²) in [5.41, 5.74) is 2.02. The Bertz CT molecular complexity index is 964. The van der Waals surface area contributed by atoms with E-state index in [-0.39, 0.29) is 24.1 Å². The lowest BCUT2D eigenvalue weighted by Gasteiger charge is -2.07. The molecule has 0 fully saturated rings. The second-order valence-electron chi connectivity index (χ2n) is 5.85. The van der Waals surface area contributed by atoms with Crippen LogP contribution in [0.4, 0.5) is 11.4 Å². The monoisotopic (exact) mass is 430 g/mol. The fraction of sp³-hybridized carbons (Fsp3) is 0.222. The van der Waals surface area contributed by atoms with Crippen molar-refractivity contribution in [3.05, 3.63) is 58.6 Å². The van der Waals surface area contributed by atoms with E-state index in [0.29, 0.717) is 17.9 Å². The normalized spacial score (nSPS) is 10.6. The standard InChI is InChI=1S/C18H19BrN6O2/c1-3-24-10-15(22-16(26)11-25-12(2)14(19)9-20-25)17(23-24)18(27)21-13-7-5-4-6-8-13/h4-10H,3,11H2,1-2H3,(H,21,27)(H,22,26). The molecule has 2 amide bonds. The van der Waals surface area contributed by atoms with Crippen molar-refractivity contribution in [1.82, 2.24) is 19.6 Å². The molecule has 2 N–H and O–H groups in total. The molecule has 0 aliphatic rings. The average Bonchev–Trinajstić information content (AvgIpc) is 3.21. The van der Waals surface area contributed by atoms with Gasteiger partial charge in [-0.15, -0.1) is 0 Å². The van der Waals surface area contributed by atoms with Crippen LogP contribution in [-0.2, 0) is 17.9 Å². The molecular weight excluding hydrogens is 412 g/mol. The molecule has 0 bridgehead atoms. The summed E-state index contributed by atoms with van der Waals surface area (Å²) in [5, 5.41) is 13.9. The molecule has 0 aliphatic heterocycles. The van der Waals surface area contributed by atoms with Gasteiger partial charge in [0.2, 0.25) is 5.91 Å². The quantitative estimate of drug-likeness (QED) is 0.628. The minimum Gasteiger partial charge on any atom is -0.321 e. The minimum atomic E-state index is -0.387. The number of hydrogen-bond donors (Lipinski definition) is 2. The number of carbonyl (C=O) groups is 2. The van der Waals surface area contributed by atoms with E-state index >= 15 is 0 Å². The maximum Gasteiger partial charge on any atom is 0.278 e. The summed E-state index contributed by atoms with van der Waals surface area (Å²) in [4.78, 5) is 25.0. The third-order valence-corrected chi connectivity index (χ3v) is 4.72. The molecule has 27 heavy (non-hydrogen) atoms. The number of aromatic nitrogens is 4. The number of para-hydroxylation sites is 1. The highest BCUT2D eigenvalue weighted by Crippen LogP contribution is 2.18. The van der Waals surface area contributed by atoms with Crippen molar-refractivity contribution < 1.29 is 9.59 Å². The van der Waals surface area contributed by atoms with Crippen LogP contribution in [0.3, 0.4) is 0 Å². The number of hydrogen-bond acceptors (Lipinski definition) is 4. The van der Waals surface area contributed by atoms with Crippen molar-refractivity contribution in [1.29, 1.82) is 0 Å². The predicted molar refractivity (Wildman–Crippen MR) is 106 cm³/mol. The molecule has 8 nitrogen and oxygen atoms in total. The number of halogens is 1. The first-order valence-electron chi connectivity index (χ1n) is 8.39. The Hall–Kier alpha value is -2.94. The van der Waals surface area contributed by atoms with Crippen LogP contribution in [0.1, 0.15) is 23.1 Å². The summed E-state index contributed by atoms with van der Waals surface area (Å²) in [5.74, 6) is -0.681. The van der Waals surface area contributed by atoms with E-state index in [2.05, 4.69) is 36.8 Å². The summed E-state index contributed by atoms with van der Waals surface area (Å²) >= 11 is 3.37. The highest BCUT2D eigenvalue weighted by atomic mass is 79.9. The zero-order chi connectivity index (χ0) is 19.4. The SMILES string of the molecule is CCn1cc(NC(=O)Cn2ncc(Br)c2C)c(C(=O)Nc2ccccc2)n1. The Labute approximate surface area is 164 Å². The van der Waals surface area contributed by atoms with Crippen LogP contribution in [0, 0.1) is 6.92 Å². The molecule has 9 heteroatoms. The second-order valence-corrected chi connectivity index (χ2v) is 6.71. The zero-order valence-corrected chi connectivity index (χ0v) is 16.5. The molecule has 3 aromatic rings. The molecule has 0 radical (unpaired) electrons. The third-order valence-electron chi connectivity index (χ3n) is 3.94. The number of aryl methyl sites for hydroxylation is 1. The smallest absolute Gasteiger partial charge is 0.278 e. The minimum absolute atomic E-state index is 0.0362. The van der Waals surface area contributed by atoms with Gasteiger partial charge >= 0.3 is 0 Å². The fourth-order valence-corrected chi connectivity index (χ4v) is 2.76. The van der Waals surface area contributed by atoms with E-state index in [1.54, 1.807) is 33.9 Å². The topological polar surface area (TPSA) is 93.8 Å². The molecule has 2 aromatic heterocycles. The van der Waals surface area contributed by atoms with Crippen molar-refractivity contribution in [2.75, 3.05) is 10.6 Å². The molecule has 140 valence electrons. The summed E-state index contributed by atoms with van der Waals surface area (Å²) in [7, 11) is 0. The van der Waals surface area contributed by atoms with Gasteiger partial charge in [-0.1, -0.05) is 18.2 Å². The highest BCUT2D eigenvalue weighted by Gasteiger charge is 2.19. The van der Waals surface area contributed by atoms with E-state index in [0.717, 1.165) is 10.2 Å². The van der Waals surface area contributed by atoms with Gasteiger partial charge in [-0.05, 0) is 41.9 Å². The van der Waals surface area contributed by atoms with Gasteiger partial charge in [-0.3, -0.25) is 19.0 Å². The first-order valence-corrected chi connectivity index (χ1v) is 9.18. The molecule has 0 spiro atoms. The van der Waals surface area contributed by atoms with E-state index in [1.807, 2.05) is 32.0 Å². The molecule has 0 aliphatic carbocycles. The summed E-state index contributed by atoms with van der Waals surface area (Å²) < 4.78 is 4.01. The van der Waals surface area contributed by atoms with Crippen LogP contribution in [0.5, 0.6) is 0 Å². The number of nitrogens with one attached hydrogen (secondary N) is 2. The van der Waals surface area contributed by atoms with Crippen molar-refractivity contribution in [3.63, 3.8) is 0 Å². The number of benzene rings is 1. The number of carbonyl (C=O) groups excluding carboxylic acids is 2. The molecule has 0 unspecified atom stereocenters. The van der Waals surface area contributed by atoms with Crippen LogP contribution in [0.15, 0.2) is 47.2 Å². The summed E-state index contributed by atoms with van der Waals surface area (Å²) in [6.45, 7) is 4.38. The number of amides is 2. The van der Waals surface area contributed by atoms with Gasteiger partial charge in [-0.25, -0.2) is 0 Å². The van der Waals surface area contributed by atoms with Crippen molar-refractivity contribution in [3.8, 4) is 0 Å². The molecule has 2 heterocycles. The first-order chi connectivity index (χ1) is 13.0. The Morgan fingerprint density at radius 2 is 1.93 bits per heavy atom. The van der Waals surface area contributed by atoms with E-state index in [1.165, 1.54) is 0 Å². The Balaban J connectivity index is 1.76. The summed E-state index contributed by atoms with van der Waals surface area (Å²) in [6, 6.07) is 9.08. The molecule has 0 saturated heterocycles. The largest absolute Gasteiger partial charge is 0.321 e. The van der Waals surface area contributed by atoms with Crippen LogP contribution in [0.2, 0.25) is 0 Å². The third kappa shape index (κ3) is 4.43. The number of anilines is 2. The Morgan fingerprint density at radius 1 is 1.19 bits per heavy atom. The number of rotatable bonds is 6. The summed E-state index contributed by atoms with van der Waals surface area (Å²) in [6.07, 6.45) is 3.28. The van der Waals surface area contributed by atoms with Gasteiger partial charge in [0.05, 0.1) is 22.1 Å². The van der Waals surface area contributed by atoms with Gasteiger partial charge in [0.25, 0.3) is 5.91 Å². The first kappa shape index (κ1) is 18.8. The van der Waals surface area contributed by atoms with Gasteiger partial charge in [0.15, 0.2) is 5.69 Å². The van der Waals surface area contributed by atoms with Crippen LogP contribution >= 0.6 is 15.9 Å². The van der Waals surface area contributed by atoms with Crippen LogP contribution in [-0.4, -0.2) is 31.4 Å². The molecule has 3 rings (SSSR count). The van der Waals surface area contributed by atoms with Crippen molar-refractivity contribution >= 4 is 39.1 Å². The second kappa shape index (κ2) is 8.17. The zero-order valence-electron chi connectivity index (χ0n) is 14.9. The highest BCUT2D eigenvalue weighted by molar-refractivity contribution is 9.10. The van der Waals surface area contributed by atoms with Gasteiger partial charge in [-0.2, -0.15) is 10.2 Å². The lowest BCUT2D eigenvalue weighted by molar-refractivity contribution is -0.116. The van der Waals surface area contributed by atoms with Gasteiger partial charge in [0.1, 0.15) is 6.54 Å². The predicted octanol–water partition coefficient (Wildman–Crippen LogP) is 3.06. The lowest BCUT2D eigenvalue weighted by atomic mass is 10.3. The number of nitrogens with zero attached hydrogens (tertiary/aromatic N) is 4. The Morgan fingerprint density at radius 3 is 2.56 bits per heavy atom. The lowest BCUT2D eigenvalue weighted by Crippen LogP contribution is -2.22.